The molecule has 0 bridgehead atoms. The molecule has 0 N–H and O–H groups in total. The number of fused-ring (bicyclic) bond motifs is 1. The van der Waals surface area contributed by atoms with E-state index in [1.165, 1.54) is 16.8 Å². The number of aryl methyl sites for hydroxylation is 1. The highest BCUT2D eigenvalue weighted by molar-refractivity contribution is 5.76. The molecule has 2 aromatic rings. The molecule has 0 radical (unpaired) electrons. The average Bonchev–Trinajstić information content (AvgIpc) is 2.46. The van der Waals surface area contributed by atoms with Crippen LogP contribution in [0.4, 0.5) is 4.39 Å². The molecule has 64 valence electrons. The summed E-state index contributed by atoms with van der Waals surface area (Å²) in [5, 5.41) is 16.0. The highest BCUT2D eigenvalue weighted by atomic mass is 19.1. The third-order valence-electron chi connectivity index (χ3n) is 1.82. The summed E-state index contributed by atoms with van der Waals surface area (Å²) >= 11 is 0. The van der Waals surface area contributed by atoms with E-state index in [9.17, 15) is 4.39 Å². The van der Waals surface area contributed by atoms with Crippen molar-refractivity contribution in [3.63, 3.8) is 0 Å². The lowest BCUT2D eigenvalue weighted by molar-refractivity contribution is 0.625. The van der Waals surface area contributed by atoms with Gasteiger partial charge in [0.2, 0.25) is 0 Å². The Balaban J connectivity index is 2.86. The summed E-state index contributed by atoms with van der Waals surface area (Å²) < 4.78 is 14.5. The summed E-state index contributed by atoms with van der Waals surface area (Å²) in [5.74, 6) is -0.560. The first-order valence-electron chi connectivity index (χ1n) is 3.61. The second-order valence-corrected chi connectivity index (χ2v) is 2.65. The van der Waals surface area contributed by atoms with E-state index in [0.29, 0.717) is 11.0 Å². The smallest absolute Gasteiger partial charge is 0.143 e. The summed E-state index contributed by atoms with van der Waals surface area (Å²) in [6, 6.07) is 4.40. The fourth-order valence-corrected chi connectivity index (χ4v) is 1.14. The lowest BCUT2D eigenvalue weighted by Crippen LogP contribution is -1.90. The summed E-state index contributed by atoms with van der Waals surface area (Å²) in [5.41, 5.74) is 1.12. The second kappa shape index (κ2) is 2.52. The van der Waals surface area contributed by atoms with Gasteiger partial charge in [-0.2, -0.15) is 5.26 Å². The minimum absolute atomic E-state index is 0.0119. The van der Waals surface area contributed by atoms with E-state index >= 15 is 0 Å². The fourth-order valence-electron chi connectivity index (χ4n) is 1.14. The van der Waals surface area contributed by atoms with Crippen molar-refractivity contribution < 1.29 is 4.39 Å². The number of hydrogen-bond donors (Lipinski definition) is 0. The molecule has 0 unspecified atom stereocenters. The highest BCUT2D eigenvalue weighted by Crippen LogP contribution is 2.15. The van der Waals surface area contributed by atoms with Gasteiger partial charge in [0.1, 0.15) is 17.4 Å². The number of hydrogen-bond acceptors (Lipinski definition) is 3. The molecule has 0 aliphatic carbocycles. The third kappa shape index (κ3) is 1.04. The van der Waals surface area contributed by atoms with Crippen molar-refractivity contribution in [3.05, 3.63) is 23.5 Å². The van der Waals surface area contributed by atoms with Crippen molar-refractivity contribution in [1.82, 2.24) is 15.0 Å². The second-order valence-electron chi connectivity index (χ2n) is 2.65. The van der Waals surface area contributed by atoms with Crippen LogP contribution in [0.25, 0.3) is 11.0 Å². The predicted octanol–water partition coefficient (Wildman–Crippen LogP) is 0.979. The maximum Gasteiger partial charge on any atom is 0.143 e. The Morgan fingerprint density at radius 1 is 1.54 bits per heavy atom. The van der Waals surface area contributed by atoms with E-state index < -0.39 is 5.82 Å². The Morgan fingerprint density at radius 2 is 2.31 bits per heavy atom. The van der Waals surface area contributed by atoms with Gasteiger partial charge < -0.3 is 0 Å². The minimum Gasteiger partial charge on any atom is -0.248 e. The van der Waals surface area contributed by atoms with E-state index in [0.717, 1.165) is 0 Å². The number of benzene rings is 1. The van der Waals surface area contributed by atoms with E-state index in [-0.39, 0.29) is 5.56 Å². The van der Waals surface area contributed by atoms with Gasteiger partial charge in [0.05, 0.1) is 11.1 Å². The molecule has 2 rings (SSSR count). The Morgan fingerprint density at radius 3 is 3.00 bits per heavy atom. The summed E-state index contributed by atoms with van der Waals surface area (Å²) in [7, 11) is 1.69. The first-order chi connectivity index (χ1) is 6.22. The predicted molar refractivity (Wildman–Crippen MR) is 43.2 cm³/mol. The van der Waals surface area contributed by atoms with Crippen molar-refractivity contribution in [1.29, 1.82) is 5.26 Å². The van der Waals surface area contributed by atoms with Gasteiger partial charge in [0, 0.05) is 13.1 Å². The molecule has 5 heteroatoms. The number of aromatic nitrogens is 3. The third-order valence-corrected chi connectivity index (χ3v) is 1.82. The van der Waals surface area contributed by atoms with Crippen LogP contribution >= 0.6 is 0 Å². The number of nitriles is 1. The van der Waals surface area contributed by atoms with E-state index in [1.54, 1.807) is 13.1 Å². The first kappa shape index (κ1) is 7.68. The Hall–Kier alpha value is -1.96. The SMILES string of the molecule is Cn1nnc2cc(F)c(C#N)cc21. The van der Waals surface area contributed by atoms with Gasteiger partial charge in [0.25, 0.3) is 0 Å². The summed E-state index contributed by atoms with van der Waals surface area (Å²) in [6.07, 6.45) is 0. The largest absolute Gasteiger partial charge is 0.248 e. The quantitative estimate of drug-likeness (QED) is 0.601. The van der Waals surface area contributed by atoms with Crippen LogP contribution in [0.1, 0.15) is 5.56 Å². The van der Waals surface area contributed by atoms with Crippen molar-refractivity contribution >= 4 is 11.0 Å². The standard InChI is InChI=1S/C8H5FN4/c1-13-8-2-5(4-10)6(9)3-7(8)11-12-13/h2-3H,1H3. The van der Waals surface area contributed by atoms with E-state index in [2.05, 4.69) is 10.3 Å². The number of nitrogens with zero attached hydrogens (tertiary/aromatic N) is 4. The first-order valence-corrected chi connectivity index (χ1v) is 3.61. The minimum atomic E-state index is -0.560. The molecule has 0 amide bonds. The molecule has 0 spiro atoms. The zero-order valence-corrected chi connectivity index (χ0v) is 6.82. The molecule has 0 fully saturated rings. The van der Waals surface area contributed by atoms with Crippen LogP contribution in [-0.4, -0.2) is 15.0 Å². The van der Waals surface area contributed by atoms with Gasteiger partial charge in [-0.15, -0.1) is 5.10 Å². The maximum absolute atomic E-state index is 13.0. The van der Waals surface area contributed by atoms with Crippen LogP contribution in [0.2, 0.25) is 0 Å². The molecular weight excluding hydrogens is 171 g/mol. The van der Waals surface area contributed by atoms with Gasteiger partial charge in [-0.1, -0.05) is 5.21 Å². The van der Waals surface area contributed by atoms with Crippen molar-refractivity contribution in [2.75, 3.05) is 0 Å². The van der Waals surface area contributed by atoms with E-state index in [4.69, 9.17) is 5.26 Å². The van der Waals surface area contributed by atoms with Crippen molar-refractivity contribution in [2.24, 2.45) is 7.05 Å². The molecule has 0 aliphatic rings. The summed E-state index contributed by atoms with van der Waals surface area (Å²) in [6.45, 7) is 0. The zero-order valence-electron chi connectivity index (χ0n) is 6.82. The summed E-state index contributed by atoms with van der Waals surface area (Å²) in [4.78, 5) is 0. The Labute approximate surface area is 73.2 Å². The van der Waals surface area contributed by atoms with Crippen LogP contribution in [-0.2, 0) is 7.05 Å². The molecule has 1 aromatic heterocycles. The average molecular weight is 176 g/mol. The van der Waals surface area contributed by atoms with Gasteiger partial charge >= 0.3 is 0 Å². The van der Waals surface area contributed by atoms with Gasteiger partial charge in [-0.25, -0.2) is 9.07 Å². The fraction of sp³-hybridized carbons (Fsp3) is 0.125. The van der Waals surface area contributed by atoms with Gasteiger partial charge in [-0.3, -0.25) is 0 Å². The van der Waals surface area contributed by atoms with Gasteiger partial charge in [-0.05, 0) is 6.07 Å². The Bertz CT molecular complexity index is 509. The number of rotatable bonds is 0. The molecule has 13 heavy (non-hydrogen) atoms. The van der Waals surface area contributed by atoms with E-state index in [1.807, 2.05) is 0 Å². The van der Waals surface area contributed by atoms with Crippen LogP contribution in [0.5, 0.6) is 0 Å². The highest BCUT2D eigenvalue weighted by Gasteiger charge is 2.07. The molecular formula is C8H5FN4. The van der Waals surface area contributed by atoms with Crippen LogP contribution in [0.3, 0.4) is 0 Å². The Kier molecular flexibility index (Phi) is 1.49. The molecule has 1 aromatic carbocycles. The lowest BCUT2D eigenvalue weighted by Gasteiger charge is -1.93. The molecule has 0 saturated heterocycles. The normalized spacial score (nSPS) is 10.2. The van der Waals surface area contributed by atoms with Crippen LogP contribution < -0.4 is 0 Å². The zero-order chi connectivity index (χ0) is 9.42. The topological polar surface area (TPSA) is 54.5 Å². The molecule has 4 nitrogen and oxygen atoms in total. The van der Waals surface area contributed by atoms with Crippen LogP contribution in [0.15, 0.2) is 12.1 Å². The lowest BCUT2D eigenvalue weighted by atomic mass is 10.2. The monoisotopic (exact) mass is 176 g/mol. The molecule has 1 heterocycles. The van der Waals surface area contributed by atoms with Crippen molar-refractivity contribution in [2.45, 2.75) is 0 Å². The van der Waals surface area contributed by atoms with Crippen molar-refractivity contribution in [3.8, 4) is 6.07 Å². The number of halogens is 1. The molecule has 0 atom stereocenters. The molecule has 0 saturated carbocycles. The maximum atomic E-state index is 13.0. The molecule has 0 aliphatic heterocycles. The van der Waals surface area contributed by atoms with Gasteiger partial charge in [0.15, 0.2) is 0 Å². The van der Waals surface area contributed by atoms with Crippen LogP contribution in [0, 0.1) is 17.1 Å².